The number of fused-ring (bicyclic) bond motifs is 4. The van der Waals surface area contributed by atoms with Crippen LogP contribution in [0.15, 0.2) is 29.2 Å². The zero-order valence-electron chi connectivity index (χ0n) is 16.7. The lowest BCUT2D eigenvalue weighted by Crippen LogP contribution is -2.47. The Bertz CT molecular complexity index is 927. The van der Waals surface area contributed by atoms with Gasteiger partial charge in [-0.05, 0) is 38.6 Å². The van der Waals surface area contributed by atoms with Crippen LogP contribution in [0.1, 0.15) is 29.2 Å². The van der Waals surface area contributed by atoms with Crippen LogP contribution >= 0.6 is 0 Å². The molecule has 28 heavy (non-hydrogen) atoms. The molecule has 2 bridgehead atoms. The molecule has 4 heterocycles. The number of hydrogen-bond acceptors (Lipinski definition) is 5. The van der Waals surface area contributed by atoms with E-state index < -0.39 is 0 Å². The molecule has 2 aromatic heterocycles. The smallest absolute Gasteiger partial charge is 0.255 e. The van der Waals surface area contributed by atoms with E-state index in [4.69, 9.17) is 4.74 Å². The molecule has 2 atom stereocenters. The number of halogens is 1. The van der Waals surface area contributed by atoms with Gasteiger partial charge >= 0.3 is 0 Å². The van der Waals surface area contributed by atoms with E-state index in [0.29, 0.717) is 30.8 Å². The molecule has 0 spiro atoms. The second kappa shape index (κ2) is 7.64. The summed E-state index contributed by atoms with van der Waals surface area (Å²) in [4.78, 5) is 21.3. The van der Waals surface area contributed by atoms with E-state index in [1.54, 1.807) is 7.11 Å². The number of ether oxygens (including phenoxy) is 1. The van der Waals surface area contributed by atoms with Crippen molar-refractivity contribution in [2.24, 2.45) is 5.92 Å². The third-order valence-electron chi connectivity index (χ3n) is 5.72. The van der Waals surface area contributed by atoms with Gasteiger partial charge in [0.2, 0.25) is 5.88 Å². The van der Waals surface area contributed by atoms with Crippen LogP contribution in [0.4, 0.5) is 4.39 Å². The van der Waals surface area contributed by atoms with Gasteiger partial charge in [-0.1, -0.05) is 6.07 Å². The molecule has 1 saturated heterocycles. The van der Waals surface area contributed by atoms with Crippen molar-refractivity contribution in [3.63, 3.8) is 0 Å². The van der Waals surface area contributed by atoms with Gasteiger partial charge < -0.3 is 14.2 Å². The van der Waals surface area contributed by atoms with Crippen molar-refractivity contribution in [1.82, 2.24) is 19.4 Å². The molecule has 4 rings (SSSR count). The summed E-state index contributed by atoms with van der Waals surface area (Å²) in [5, 5.41) is 0. The number of rotatable bonds is 5. The van der Waals surface area contributed by atoms with Gasteiger partial charge in [0.15, 0.2) is 0 Å². The first-order valence-electron chi connectivity index (χ1n) is 9.72. The van der Waals surface area contributed by atoms with Gasteiger partial charge in [-0.25, -0.2) is 9.37 Å². The lowest BCUT2D eigenvalue weighted by molar-refractivity contribution is 0.113. The summed E-state index contributed by atoms with van der Waals surface area (Å²) in [5.41, 5.74) is 2.88. The molecular weight excluding hydrogens is 359 g/mol. The van der Waals surface area contributed by atoms with E-state index >= 15 is 0 Å². The summed E-state index contributed by atoms with van der Waals surface area (Å²) >= 11 is 0. The largest absolute Gasteiger partial charge is 0.481 e. The van der Waals surface area contributed by atoms with Gasteiger partial charge in [-0.15, -0.1) is 0 Å². The Hall–Kier alpha value is -2.25. The lowest BCUT2D eigenvalue weighted by atomic mass is 9.83. The van der Waals surface area contributed by atoms with Crippen molar-refractivity contribution in [1.29, 1.82) is 0 Å². The number of likely N-dealkylation sites (tertiary alicyclic amines) is 1. The van der Waals surface area contributed by atoms with Gasteiger partial charge in [0.05, 0.1) is 13.3 Å². The predicted octanol–water partition coefficient (Wildman–Crippen LogP) is 2.07. The van der Waals surface area contributed by atoms with Gasteiger partial charge in [-0.2, -0.15) is 0 Å². The third kappa shape index (κ3) is 3.69. The summed E-state index contributed by atoms with van der Waals surface area (Å²) < 4.78 is 20.9. The quantitative estimate of drug-likeness (QED) is 0.788. The highest BCUT2D eigenvalue weighted by molar-refractivity contribution is 5.27. The monoisotopic (exact) mass is 386 g/mol. The Morgan fingerprint density at radius 1 is 1.25 bits per heavy atom. The number of pyridine rings is 2. The fraction of sp³-hybridized carbons (Fsp3) is 0.524. The highest BCUT2D eigenvalue weighted by atomic mass is 19.1. The van der Waals surface area contributed by atoms with Crippen LogP contribution in [0.2, 0.25) is 0 Å². The van der Waals surface area contributed by atoms with Crippen molar-refractivity contribution in [2.75, 3.05) is 34.3 Å². The Kier molecular flexibility index (Phi) is 5.21. The van der Waals surface area contributed by atoms with E-state index in [2.05, 4.69) is 16.0 Å². The average molecular weight is 386 g/mol. The summed E-state index contributed by atoms with van der Waals surface area (Å²) in [5.74, 6) is 0.868. The van der Waals surface area contributed by atoms with Crippen LogP contribution in [-0.2, 0) is 19.6 Å². The molecule has 6 nitrogen and oxygen atoms in total. The second-order valence-corrected chi connectivity index (χ2v) is 8.25. The summed E-state index contributed by atoms with van der Waals surface area (Å²) in [6, 6.07) is 5.60. The topological polar surface area (TPSA) is 50.6 Å². The molecule has 0 aliphatic carbocycles. The molecular formula is C21H27FN4O2. The molecule has 2 aliphatic heterocycles. The van der Waals surface area contributed by atoms with Gasteiger partial charge in [-0.3, -0.25) is 9.69 Å². The van der Waals surface area contributed by atoms with Crippen molar-refractivity contribution in [3.8, 4) is 5.88 Å². The summed E-state index contributed by atoms with van der Waals surface area (Å²) in [7, 11) is 5.51. The number of hydrogen-bond donors (Lipinski definition) is 0. The van der Waals surface area contributed by atoms with Gasteiger partial charge in [0.1, 0.15) is 5.82 Å². The van der Waals surface area contributed by atoms with Gasteiger partial charge in [0, 0.05) is 55.5 Å². The van der Waals surface area contributed by atoms with Crippen LogP contribution < -0.4 is 10.3 Å². The Balaban J connectivity index is 1.57. The van der Waals surface area contributed by atoms with Crippen LogP contribution in [-0.4, -0.2) is 53.6 Å². The standard InChI is InChI=1S/C21H27FN4O2/c1-24(2)11-15-4-5-19-16-6-14(10-26(19)21(15)27)9-25(12-16)13-17-7-18(22)8-23-20(17)28-3/h4-5,7-8,14,16H,6,9-13H2,1-3H3/t14-,16+/m0/s1. The van der Waals surface area contributed by atoms with Crippen LogP contribution in [0.3, 0.4) is 0 Å². The number of aromatic nitrogens is 2. The molecule has 2 aliphatic rings. The minimum absolute atomic E-state index is 0.144. The van der Waals surface area contributed by atoms with Crippen molar-refractivity contribution in [3.05, 3.63) is 57.4 Å². The van der Waals surface area contributed by atoms with Gasteiger partial charge in [0.25, 0.3) is 5.56 Å². The number of methoxy groups -OCH3 is 1. The maximum absolute atomic E-state index is 13.7. The highest BCUT2D eigenvalue weighted by Gasteiger charge is 2.35. The van der Waals surface area contributed by atoms with E-state index in [-0.39, 0.29) is 11.4 Å². The van der Waals surface area contributed by atoms with E-state index in [9.17, 15) is 9.18 Å². The predicted molar refractivity (Wildman–Crippen MR) is 105 cm³/mol. The highest BCUT2D eigenvalue weighted by Crippen LogP contribution is 2.36. The minimum atomic E-state index is -0.349. The molecule has 0 saturated carbocycles. The first-order valence-corrected chi connectivity index (χ1v) is 9.72. The molecule has 0 aromatic carbocycles. The van der Waals surface area contributed by atoms with Crippen LogP contribution in [0, 0.1) is 11.7 Å². The van der Waals surface area contributed by atoms with Crippen molar-refractivity contribution in [2.45, 2.75) is 32.0 Å². The molecule has 0 unspecified atom stereocenters. The van der Waals surface area contributed by atoms with Crippen molar-refractivity contribution < 1.29 is 9.13 Å². The maximum Gasteiger partial charge on any atom is 0.255 e. The Labute approximate surface area is 164 Å². The third-order valence-corrected chi connectivity index (χ3v) is 5.72. The second-order valence-electron chi connectivity index (χ2n) is 8.25. The molecule has 1 fully saturated rings. The molecule has 2 aromatic rings. The van der Waals surface area contributed by atoms with E-state index in [1.807, 2.05) is 29.6 Å². The van der Waals surface area contributed by atoms with Crippen molar-refractivity contribution >= 4 is 0 Å². The maximum atomic E-state index is 13.7. The SMILES string of the molecule is COc1ncc(F)cc1CN1C[C@@H]2C[C@H](C1)c1ccc(CN(C)C)c(=O)n1C2. The average Bonchev–Trinajstić information content (AvgIpc) is 2.64. The zero-order chi connectivity index (χ0) is 19.8. The fourth-order valence-electron chi connectivity index (χ4n) is 4.69. The molecule has 0 N–H and O–H groups in total. The summed E-state index contributed by atoms with van der Waals surface area (Å²) in [6.45, 7) is 3.75. The van der Waals surface area contributed by atoms with Crippen LogP contribution in [0.5, 0.6) is 5.88 Å². The van der Waals surface area contributed by atoms with E-state index in [1.165, 1.54) is 12.3 Å². The Morgan fingerprint density at radius 2 is 2.07 bits per heavy atom. The first-order chi connectivity index (χ1) is 13.4. The molecule has 150 valence electrons. The van der Waals surface area contributed by atoms with E-state index in [0.717, 1.165) is 42.9 Å². The fourth-order valence-corrected chi connectivity index (χ4v) is 4.69. The first kappa shape index (κ1) is 19.1. The minimum Gasteiger partial charge on any atom is -0.481 e. The normalized spacial score (nSPS) is 21.6. The van der Waals surface area contributed by atoms with Crippen LogP contribution in [0.25, 0.3) is 0 Å². The molecule has 7 heteroatoms. The summed E-state index contributed by atoms with van der Waals surface area (Å²) in [6.07, 6.45) is 2.28. The Morgan fingerprint density at radius 3 is 2.82 bits per heavy atom. The molecule has 0 radical (unpaired) electrons. The number of nitrogens with zero attached hydrogens (tertiary/aromatic N) is 4. The lowest BCUT2D eigenvalue weighted by Gasteiger charge is -2.43. The zero-order valence-corrected chi connectivity index (χ0v) is 16.7. The number of piperidine rings is 1. The molecule has 0 amide bonds.